The second-order valence-corrected chi connectivity index (χ2v) is 5.11. The fraction of sp³-hybridized carbons (Fsp3) is 0.294. The maximum Gasteiger partial charge on any atom is 0.161 e. The Morgan fingerprint density at radius 1 is 0.900 bits per heavy atom. The fourth-order valence-corrected chi connectivity index (χ4v) is 2.75. The van der Waals surface area contributed by atoms with Gasteiger partial charge in [0.25, 0.3) is 0 Å². The third-order valence-corrected chi connectivity index (χ3v) is 3.74. The predicted molar refractivity (Wildman–Crippen MR) is 78.9 cm³/mol. The molecule has 0 bridgehead atoms. The monoisotopic (exact) mass is 269 g/mol. The van der Waals surface area contributed by atoms with Gasteiger partial charge in [0.05, 0.1) is 14.2 Å². The zero-order valence-electron chi connectivity index (χ0n) is 11.9. The van der Waals surface area contributed by atoms with Crippen LogP contribution in [0, 0.1) is 0 Å². The highest BCUT2D eigenvalue weighted by Crippen LogP contribution is 2.35. The molecule has 0 radical (unpaired) electrons. The number of benzene rings is 2. The van der Waals surface area contributed by atoms with Gasteiger partial charge in [-0.05, 0) is 28.8 Å². The van der Waals surface area contributed by atoms with Gasteiger partial charge >= 0.3 is 0 Å². The van der Waals surface area contributed by atoms with E-state index in [0.717, 1.165) is 31.1 Å². The molecule has 1 aliphatic rings. The lowest BCUT2D eigenvalue weighted by atomic mass is 10.1. The largest absolute Gasteiger partial charge is 0.493 e. The average Bonchev–Trinajstić information content (AvgIpc) is 2.87. The van der Waals surface area contributed by atoms with Gasteiger partial charge in [0.1, 0.15) is 0 Å². The molecule has 2 aromatic carbocycles. The van der Waals surface area contributed by atoms with Gasteiger partial charge in [-0.25, -0.2) is 0 Å². The van der Waals surface area contributed by atoms with E-state index >= 15 is 0 Å². The molecule has 104 valence electrons. The highest BCUT2D eigenvalue weighted by atomic mass is 16.5. The van der Waals surface area contributed by atoms with Crippen molar-refractivity contribution in [2.45, 2.75) is 19.6 Å². The van der Waals surface area contributed by atoms with Crippen molar-refractivity contribution in [1.82, 2.24) is 4.90 Å². The lowest BCUT2D eigenvalue weighted by molar-refractivity contribution is 0.275. The molecule has 0 unspecified atom stereocenters. The summed E-state index contributed by atoms with van der Waals surface area (Å²) in [5, 5.41) is 0. The number of rotatable bonds is 4. The summed E-state index contributed by atoms with van der Waals surface area (Å²) in [6, 6.07) is 14.8. The van der Waals surface area contributed by atoms with E-state index in [1.54, 1.807) is 14.2 Å². The average molecular weight is 269 g/mol. The molecule has 3 heteroatoms. The van der Waals surface area contributed by atoms with Crippen LogP contribution in [-0.4, -0.2) is 19.1 Å². The van der Waals surface area contributed by atoms with Crippen LogP contribution in [0.15, 0.2) is 42.5 Å². The molecule has 1 aliphatic heterocycles. The van der Waals surface area contributed by atoms with Gasteiger partial charge in [0, 0.05) is 19.6 Å². The van der Waals surface area contributed by atoms with Crippen LogP contribution in [-0.2, 0) is 19.6 Å². The van der Waals surface area contributed by atoms with Crippen LogP contribution >= 0.6 is 0 Å². The molecule has 0 fully saturated rings. The summed E-state index contributed by atoms with van der Waals surface area (Å²) in [6.07, 6.45) is 0. The number of methoxy groups -OCH3 is 2. The first-order valence-electron chi connectivity index (χ1n) is 6.80. The van der Waals surface area contributed by atoms with Crippen LogP contribution in [0.1, 0.15) is 16.7 Å². The first kappa shape index (κ1) is 13.0. The molecule has 3 rings (SSSR count). The highest BCUT2D eigenvalue weighted by molar-refractivity contribution is 5.48. The van der Waals surface area contributed by atoms with Crippen LogP contribution in [0.3, 0.4) is 0 Å². The van der Waals surface area contributed by atoms with Gasteiger partial charge in [-0.15, -0.1) is 0 Å². The standard InChI is InChI=1S/C17H19NO2/c1-19-16-8-14-11-18(10-13-6-4-3-5-7-13)12-15(14)9-17(16)20-2/h3-9H,10-12H2,1-2H3. The maximum atomic E-state index is 5.37. The van der Waals surface area contributed by atoms with Gasteiger partial charge in [-0.2, -0.15) is 0 Å². The third kappa shape index (κ3) is 2.49. The molecule has 20 heavy (non-hydrogen) atoms. The minimum absolute atomic E-state index is 0.813. The molecule has 0 saturated carbocycles. The predicted octanol–water partition coefficient (Wildman–Crippen LogP) is 3.22. The van der Waals surface area contributed by atoms with E-state index in [1.165, 1.54) is 16.7 Å². The van der Waals surface area contributed by atoms with Crippen LogP contribution in [0.5, 0.6) is 11.5 Å². The van der Waals surface area contributed by atoms with E-state index in [0.29, 0.717) is 0 Å². The zero-order chi connectivity index (χ0) is 13.9. The van der Waals surface area contributed by atoms with E-state index in [9.17, 15) is 0 Å². The van der Waals surface area contributed by atoms with Crippen molar-refractivity contribution < 1.29 is 9.47 Å². The molecule has 2 aromatic rings. The molecule has 0 spiro atoms. The summed E-state index contributed by atoms with van der Waals surface area (Å²) in [5.74, 6) is 1.63. The molecular weight excluding hydrogens is 250 g/mol. The van der Waals surface area contributed by atoms with Crippen LogP contribution in [0.2, 0.25) is 0 Å². The maximum absolute atomic E-state index is 5.37. The molecule has 1 heterocycles. The fourth-order valence-electron chi connectivity index (χ4n) is 2.75. The van der Waals surface area contributed by atoms with Crippen molar-refractivity contribution in [1.29, 1.82) is 0 Å². The van der Waals surface area contributed by atoms with E-state index in [1.807, 2.05) is 0 Å². The van der Waals surface area contributed by atoms with Crippen LogP contribution < -0.4 is 9.47 Å². The summed E-state index contributed by atoms with van der Waals surface area (Å²) in [5.41, 5.74) is 4.01. The lowest BCUT2D eigenvalue weighted by Gasteiger charge is -2.14. The Labute approximate surface area is 119 Å². The first-order valence-corrected chi connectivity index (χ1v) is 6.80. The van der Waals surface area contributed by atoms with Crippen LogP contribution in [0.25, 0.3) is 0 Å². The Kier molecular flexibility index (Phi) is 3.61. The molecule has 0 amide bonds. The normalized spacial score (nSPS) is 14.1. The van der Waals surface area contributed by atoms with Crippen molar-refractivity contribution in [3.8, 4) is 11.5 Å². The number of hydrogen-bond donors (Lipinski definition) is 0. The third-order valence-electron chi connectivity index (χ3n) is 3.74. The Bertz CT molecular complexity index is 562. The van der Waals surface area contributed by atoms with Gasteiger partial charge in [-0.3, -0.25) is 4.90 Å². The number of ether oxygens (including phenoxy) is 2. The Morgan fingerprint density at radius 3 is 1.95 bits per heavy atom. The van der Waals surface area contributed by atoms with Crippen molar-refractivity contribution in [2.75, 3.05) is 14.2 Å². The zero-order valence-corrected chi connectivity index (χ0v) is 11.9. The summed E-state index contributed by atoms with van der Waals surface area (Å²) < 4.78 is 10.7. The SMILES string of the molecule is COc1cc2c(cc1OC)CN(Cc1ccccc1)C2. The Morgan fingerprint density at radius 2 is 1.45 bits per heavy atom. The topological polar surface area (TPSA) is 21.7 Å². The van der Waals surface area contributed by atoms with E-state index in [-0.39, 0.29) is 0 Å². The quantitative estimate of drug-likeness (QED) is 0.850. The minimum Gasteiger partial charge on any atom is -0.493 e. The van der Waals surface area contributed by atoms with Gasteiger partial charge in [-0.1, -0.05) is 30.3 Å². The smallest absolute Gasteiger partial charge is 0.161 e. The van der Waals surface area contributed by atoms with Crippen molar-refractivity contribution in [2.24, 2.45) is 0 Å². The van der Waals surface area contributed by atoms with E-state index < -0.39 is 0 Å². The van der Waals surface area contributed by atoms with Crippen molar-refractivity contribution in [3.63, 3.8) is 0 Å². The Balaban J connectivity index is 1.78. The summed E-state index contributed by atoms with van der Waals surface area (Å²) in [7, 11) is 3.36. The number of nitrogens with zero attached hydrogens (tertiary/aromatic N) is 1. The van der Waals surface area contributed by atoms with Crippen LogP contribution in [0.4, 0.5) is 0 Å². The first-order chi connectivity index (χ1) is 9.80. The second kappa shape index (κ2) is 5.55. The van der Waals surface area contributed by atoms with Gasteiger partial charge in [0.15, 0.2) is 11.5 Å². The van der Waals surface area contributed by atoms with Crippen molar-refractivity contribution >= 4 is 0 Å². The summed E-state index contributed by atoms with van der Waals surface area (Å²) >= 11 is 0. The van der Waals surface area contributed by atoms with E-state index in [4.69, 9.17) is 9.47 Å². The molecule has 0 saturated heterocycles. The molecule has 0 N–H and O–H groups in total. The molecule has 3 nitrogen and oxygen atoms in total. The summed E-state index contributed by atoms with van der Waals surface area (Å²) in [6.45, 7) is 2.90. The molecule has 0 aromatic heterocycles. The number of hydrogen-bond acceptors (Lipinski definition) is 3. The van der Waals surface area contributed by atoms with Crippen molar-refractivity contribution in [3.05, 3.63) is 59.2 Å². The lowest BCUT2D eigenvalue weighted by Crippen LogP contribution is -2.15. The Hall–Kier alpha value is -2.00. The minimum atomic E-state index is 0.813. The molecule has 0 aliphatic carbocycles. The van der Waals surface area contributed by atoms with E-state index in [2.05, 4.69) is 47.4 Å². The number of fused-ring (bicyclic) bond motifs is 1. The molecular formula is C17H19NO2. The second-order valence-electron chi connectivity index (χ2n) is 5.11. The summed E-state index contributed by atoms with van der Waals surface area (Å²) in [4.78, 5) is 2.43. The van der Waals surface area contributed by atoms with Gasteiger partial charge < -0.3 is 9.47 Å². The molecule has 0 atom stereocenters. The van der Waals surface area contributed by atoms with Gasteiger partial charge in [0.2, 0.25) is 0 Å². The highest BCUT2D eigenvalue weighted by Gasteiger charge is 2.21.